The van der Waals surface area contributed by atoms with Crippen LogP contribution in [0.15, 0.2) is 0 Å². The van der Waals surface area contributed by atoms with Crippen molar-refractivity contribution in [3.8, 4) is 0 Å². The van der Waals surface area contributed by atoms with Crippen LogP contribution < -0.4 is 5.32 Å². The normalized spacial score (nSPS) is 38.4. The van der Waals surface area contributed by atoms with Gasteiger partial charge in [0.15, 0.2) is 0 Å². The number of hydrogen-bond donors (Lipinski definition) is 2. The minimum Gasteiger partial charge on any atom is -0.481 e. The first-order chi connectivity index (χ1) is 6.72. The van der Waals surface area contributed by atoms with Crippen LogP contribution in [0.5, 0.6) is 0 Å². The molecule has 1 aliphatic heterocycles. The fraction of sp³-hybridized carbons (Fsp3) is 0.909. The van der Waals surface area contributed by atoms with E-state index in [1.54, 1.807) is 0 Å². The van der Waals surface area contributed by atoms with Gasteiger partial charge in [0.05, 0.1) is 5.92 Å². The van der Waals surface area contributed by atoms with Crippen molar-refractivity contribution in [3.63, 3.8) is 0 Å². The van der Waals surface area contributed by atoms with E-state index in [9.17, 15) is 4.79 Å². The highest BCUT2D eigenvalue weighted by Crippen LogP contribution is 2.43. The molecule has 0 radical (unpaired) electrons. The molecule has 0 aromatic rings. The Morgan fingerprint density at radius 1 is 1.29 bits per heavy atom. The van der Waals surface area contributed by atoms with E-state index in [2.05, 4.69) is 5.32 Å². The number of rotatable bonds is 1. The van der Waals surface area contributed by atoms with Crippen molar-refractivity contribution in [1.82, 2.24) is 5.32 Å². The van der Waals surface area contributed by atoms with Gasteiger partial charge in [0.25, 0.3) is 0 Å². The summed E-state index contributed by atoms with van der Waals surface area (Å²) in [6, 6.07) is 0. The molecule has 1 saturated heterocycles. The highest BCUT2D eigenvalue weighted by Gasteiger charge is 2.37. The van der Waals surface area contributed by atoms with E-state index in [-0.39, 0.29) is 5.92 Å². The van der Waals surface area contributed by atoms with E-state index < -0.39 is 5.97 Å². The van der Waals surface area contributed by atoms with Crippen molar-refractivity contribution in [2.75, 3.05) is 13.1 Å². The molecule has 0 atom stereocenters. The minimum absolute atomic E-state index is 0.0671. The minimum atomic E-state index is -0.594. The summed E-state index contributed by atoms with van der Waals surface area (Å²) in [6.45, 7) is 2.25. The maximum absolute atomic E-state index is 10.8. The second-order valence-corrected chi connectivity index (χ2v) is 4.89. The molecule has 3 nitrogen and oxygen atoms in total. The van der Waals surface area contributed by atoms with Gasteiger partial charge in [-0.25, -0.2) is 0 Å². The van der Waals surface area contributed by atoms with E-state index in [0.29, 0.717) is 5.41 Å². The predicted octanol–water partition coefficient (Wildman–Crippen LogP) is 1.63. The lowest BCUT2D eigenvalue weighted by molar-refractivity contribution is -0.143. The zero-order valence-electron chi connectivity index (χ0n) is 8.59. The van der Waals surface area contributed by atoms with E-state index >= 15 is 0 Å². The summed E-state index contributed by atoms with van der Waals surface area (Å²) in [5, 5.41) is 12.4. The molecule has 1 heterocycles. The zero-order chi connectivity index (χ0) is 10.0. The first-order valence-electron chi connectivity index (χ1n) is 5.65. The number of piperidine rings is 1. The molecule has 2 N–H and O–H groups in total. The molecule has 14 heavy (non-hydrogen) atoms. The average molecular weight is 197 g/mol. The maximum atomic E-state index is 10.8. The smallest absolute Gasteiger partial charge is 0.306 e. The topological polar surface area (TPSA) is 49.3 Å². The molecule has 1 spiro atoms. The predicted molar refractivity (Wildman–Crippen MR) is 54.1 cm³/mol. The summed E-state index contributed by atoms with van der Waals surface area (Å²) in [6.07, 6.45) is 6.55. The zero-order valence-corrected chi connectivity index (χ0v) is 8.59. The number of hydrogen-bond acceptors (Lipinski definition) is 2. The summed E-state index contributed by atoms with van der Waals surface area (Å²) in [7, 11) is 0. The third-order valence-electron chi connectivity index (χ3n) is 3.96. The molecular weight excluding hydrogens is 178 g/mol. The highest BCUT2D eigenvalue weighted by atomic mass is 16.4. The second kappa shape index (κ2) is 3.89. The standard InChI is InChI=1S/C11H19NO2/c13-10(14)9-2-5-11(6-3-9)4-1-7-12-8-11/h9,12H,1-8H2,(H,13,14). The number of aliphatic carboxylic acids is 1. The van der Waals surface area contributed by atoms with Gasteiger partial charge in [-0.2, -0.15) is 0 Å². The van der Waals surface area contributed by atoms with E-state index in [1.165, 1.54) is 12.8 Å². The number of carboxylic acid groups (broad SMARTS) is 1. The molecule has 2 aliphatic rings. The van der Waals surface area contributed by atoms with Crippen LogP contribution in [0.1, 0.15) is 38.5 Å². The van der Waals surface area contributed by atoms with Gasteiger partial charge in [0, 0.05) is 6.54 Å². The third kappa shape index (κ3) is 1.92. The molecule has 80 valence electrons. The van der Waals surface area contributed by atoms with Crippen LogP contribution in [-0.4, -0.2) is 24.2 Å². The first kappa shape index (κ1) is 9.97. The number of carbonyl (C=O) groups is 1. The van der Waals surface area contributed by atoms with Crippen molar-refractivity contribution >= 4 is 5.97 Å². The molecule has 3 heteroatoms. The third-order valence-corrected chi connectivity index (χ3v) is 3.96. The Kier molecular flexibility index (Phi) is 2.77. The van der Waals surface area contributed by atoms with Crippen molar-refractivity contribution in [2.24, 2.45) is 11.3 Å². The van der Waals surface area contributed by atoms with Crippen LogP contribution in [0.25, 0.3) is 0 Å². The van der Waals surface area contributed by atoms with Crippen LogP contribution in [0, 0.1) is 11.3 Å². The van der Waals surface area contributed by atoms with Crippen molar-refractivity contribution < 1.29 is 9.90 Å². The highest BCUT2D eigenvalue weighted by molar-refractivity contribution is 5.70. The molecule has 1 saturated carbocycles. The summed E-state index contributed by atoms with van der Waals surface area (Å²) in [4.78, 5) is 10.8. The Morgan fingerprint density at radius 3 is 2.50 bits per heavy atom. The number of carboxylic acids is 1. The molecule has 0 aromatic carbocycles. The fourth-order valence-corrected chi connectivity index (χ4v) is 2.93. The first-order valence-corrected chi connectivity index (χ1v) is 5.65. The van der Waals surface area contributed by atoms with Crippen molar-refractivity contribution in [3.05, 3.63) is 0 Å². The van der Waals surface area contributed by atoms with Gasteiger partial charge in [-0.1, -0.05) is 0 Å². The largest absolute Gasteiger partial charge is 0.481 e. The number of nitrogens with one attached hydrogen (secondary N) is 1. The molecular formula is C11H19NO2. The van der Waals surface area contributed by atoms with E-state index in [4.69, 9.17) is 5.11 Å². The maximum Gasteiger partial charge on any atom is 0.306 e. The molecule has 0 aromatic heterocycles. The lowest BCUT2D eigenvalue weighted by atomic mass is 9.67. The van der Waals surface area contributed by atoms with Gasteiger partial charge in [0.2, 0.25) is 0 Å². The van der Waals surface area contributed by atoms with Crippen molar-refractivity contribution in [2.45, 2.75) is 38.5 Å². The van der Waals surface area contributed by atoms with E-state index in [1.807, 2.05) is 0 Å². The van der Waals surface area contributed by atoms with Crippen LogP contribution in [0.2, 0.25) is 0 Å². The van der Waals surface area contributed by atoms with Crippen LogP contribution >= 0.6 is 0 Å². The Hall–Kier alpha value is -0.570. The molecule has 0 amide bonds. The van der Waals surface area contributed by atoms with Gasteiger partial charge in [0.1, 0.15) is 0 Å². The summed E-state index contributed by atoms with van der Waals surface area (Å²) >= 11 is 0. The van der Waals surface area contributed by atoms with E-state index in [0.717, 1.165) is 38.8 Å². The Balaban J connectivity index is 1.90. The Morgan fingerprint density at radius 2 is 2.00 bits per heavy atom. The Labute approximate surface area is 84.9 Å². The summed E-state index contributed by atoms with van der Waals surface area (Å²) in [5.41, 5.74) is 0.449. The fourth-order valence-electron chi connectivity index (χ4n) is 2.93. The summed E-state index contributed by atoms with van der Waals surface area (Å²) < 4.78 is 0. The van der Waals surface area contributed by atoms with Crippen LogP contribution in [0.4, 0.5) is 0 Å². The van der Waals surface area contributed by atoms with Gasteiger partial charge >= 0.3 is 5.97 Å². The average Bonchev–Trinajstić information content (AvgIpc) is 2.19. The lowest BCUT2D eigenvalue weighted by Gasteiger charge is -2.42. The monoisotopic (exact) mass is 197 g/mol. The quantitative estimate of drug-likeness (QED) is 0.671. The van der Waals surface area contributed by atoms with Gasteiger partial charge in [-0.15, -0.1) is 0 Å². The van der Waals surface area contributed by atoms with Gasteiger partial charge in [-0.05, 0) is 50.5 Å². The molecule has 2 rings (SSSR count). The SMILES string of the molecule is O=C(O)C1CCC2(CCCNC2)CC1. The second-order valence-electron chi connectivity index (χ2n) is 4.89. The lowest BCUT2D eigenvalue weighted by Crippen LogP contribution is -2.43. The van der Waals surface area contributed by atoms with Gasteiger partial charge < -0.3 is 10.4 Å². The molecule has 0 bridgehead atoms. The summed E-state index contributed by atoms with van der Waals surface area (Å²) in [5.74, 6) is -0.661. The Bertz CT molecular complexity index is 211. The van der Waals surface area contributed by atoms with Crippen LogP contribution in [-0.2, 0) is 4.79 Å². The molecule has 0 unspecified atom stereocenters. The van der Waals surface area contributed by atoms with Gasteiger partial charge in [-0.3, -0.25) is 4.79 Å². The van der Waals surface area contributed by atoms with Crippen LogP contribution in [0.3, 0.4) is 0 Å². The molecule has 1 aliphatic carbocycles. The van der Waals surface area contributed by atoms with Crippen molar-refractivity contribution in [1.29, 1.82) is 0 Å². The molecule has 2 fully saturated rings.